The molecule has 1 aromatic carbocycles. The second kappa shape index (κ2) is 7.55. The molecule has 116 valence electrons. The van der Waals surface area contributed by atoms with Crippen molar-refractivity contribution in [3.63, 3.8) is 0 Å². The van der Waals surface area contributed by atoms with E-state index in [1.54, 1.807) is 0 Å². The molecular weight excluding hydrogens is 280 g/mol. The Labute approximate surface area is 133 Å². The Morgan fingerprint density at radius 1 is 1.19 bits per heavy atom. The molecule has 0 saturated heterocycles. The predicted octanol–water partition coefficient (Wildman–Crippen LogP) is 4.11. The minimum absolute atomic E-state index is 0.0731. The third-order valence-corrected chi connectivity index (χ3v) is 4.37. The van der Waals surface area contributed by atoms with Crippen LogP contribution in [0.2, 0.25) is 0 Å². The molecule has 0 aliphatic heterocycles. The number of anilines is 1. The number of aryl methyl sites for hydroxylation is 2. The molecule has 0 radical (unpaired) electrons. The van der Waals surface area contributed by atoms with Gasteiger partial charge in [0, 0.05) is 5.69 Å². The fourth-order valence-electron chi connectivity index (χ4n) is 2.81. The van der Waals surface area contributed by atoms with Crippen LogP contribution in [0, 0.1) is 19.3 Å². The zero-order chi connectivity index (χ0) is 16.0. The number of carbonyl (C=O) groups is 1. The van der Waals surface area contributed by atoms with Crippen molar-refractivity contribution >= 4 is 28.8 Å². The Morgan fingerprint density at radius 2 is 1.67 bits per heavy atom. The van der Waals surface area contributed by atoms with Crippen molar-refractivity contribution in [2.24, 2.45) is 11.1 Å². The molecule has 0 saturated carbocycles. The molecule has 0 spiro atoms. The standard InChI is InChI=1S/C17H26N2OS/c1-5-10-17(11-6-2,15(18)21)16(20)19-14-12(3)8-7-9-13(14)4/h7-9H,5-6,10-11H2,1-4H3,(H2,18,21)(H,19,20). The first kappa shape index (κ1) is 17.6. The minimum Gasteiger partial charge on any atom is -0.392 e. The van der Waals surface area contributed by atoms with Gasteiger partial charge in [0.25, 0.3) is 0 Å². The Balaban J connectivity index is 3.14. The van der Waals surface area contributed by atoms with Crippen molar-refractivity contribution in [1.82, 2.24) is 0 Å². The summed E-state index contributed by atoms with van der Waals surface area (Å²) < 4.78 is 0. The van der Waals surface area contributed by atoms with Crippen molar-refractivity contribution in [3.05, 3.63) is 29.3 Å². The fourth-order valence-corrected chi connectivity index (χ4v) is 3.11. The summed E-state index contributed by atoms with van der Waals surface area (Å²) in [5.74, 6) is -0.0731. The number of para-hydroxylation sites is 1. The number of amides is 1. The van der Waals surface area contributed by atoms with Crippen LogP contribution in [-0.4, -0.2) is 10.9 Å². The van der Waals surface area contributed by atoms with E-state index in [2.05, 4.69) is 19.2 Å². The van der Waals surface area contributed by atoms with E-state index in [-0.39, 0.29) is 5.91 Å². The van der Waals surface area contributed by atoms with Crippen molar-refractivity contribution in [3.8, 4) is 0 Å². The van der Waals surface area contributed by atoms with Gasteiger partial charge in [0.15, 0.2) is 0 Å². The monoisotopic (exact) mass is 306 g/mol. The van der Waals surface area contributed by atoms with Crippen LogP contribution in [0.25, 0.3) is 0 Å². The van der Waals surface area contributed by atoms with Gasteiger partial charge >= 0.3 is 0 Å². The van der Waals surface area contributed by atoms with Crippen LogP contribution in [0.1, 0.15) is 50.7 Å². The summed E-state index contributed by atoms with van der Waals surface area (Å²) in [5.41, 5.74) is 8.17. The highest BCUT2D eigenvalue weighted by Crippen LogP contribution is 2.33. The maximum absolute atomic E-state index is 12.9. The van der Waals surface area contributed by atoms with Crippen molar-refractivity contribution in [2.45, 2.75) is 53.4 Å². The van der Waals surface area contributed by atoms with Gasteiger partial charge in [-0.3, -0.25) is 4.79 Å². The molecule has 3 nitrogen and oxygen atoms in total. The van der Waals surface area contributed by atoms with E-state index in [0.29, 0.717) is 17.8 Å². The number of hydrogen-bond donors (Lipinski definition) is 2. The molecule has 1 amide bonds. The van der Waals surface area contributed by atoms with Gasteiger partial charge in [0.1, 0.15) is 0 Å². The van der Waals surface area contributed by atoms with Crippen LogP contribution >= 0.6 is 12.2 Å². The van der Waals surface area contributed by atoms with Crippen molar-refractivity contribution in [1.29, 1.82) is 0 Å². The van der Waals surface area contributed by atoms with Crippen LogP contribution in [0.5, 0.6) is 0 Å². The quantitative estimate of drug-likeness (QED) is 0.745. The topological polar surface area (TPSA) is 55.1 Å². The minimum atomic E-state index is -0.743. The number of rotatable bonds is 7. The highest BCUT2D eigenvalue weighted by atomic mass is 32.1. The second-order valence-electron chi connectivity index (χ2n) is 5.67. The third-order valence-electron chi connectivity index (χ3n) is 3.98. The SMILES string of the molecule is CCCC(CCC)(C(=O)Nc1c(C)cccc1C)C(N)=S. The highest BCUT2D eigenvalue weighted by Gasteiger charge is 2.40. The lowest BCUT2D eigenvalue weighted by molar-refractivity contribution is -0.122. The van der Waals surface area contributed by atoms with Gasteiger partial charge in [-0.15, -0.1) is 0 Å². The normalized spacial score (nSPS) is 11.2. The molecule has 0 unspecified atom stereocenters. The van der Waals surface area contributed by atoms with Crippen LogP contribution in [0.4, 0.5) is 5.69 Å². The molecule has 0 bridgehead atoms. The highest BCUT2D eigenvalue weighted by molar-refractivity contribution is 7.80. The van der Waals surface area contributed by atoms with E-state index in [0.717, 1.165) is 29.7 Å². The molecule has 0 aliphatic rings. The summed E-state index contributed by atoms with van der Waals surface area (Å²) in [7, 11) is 0. The first-order valence-corrected chi connectivity index (χ1v) is 7.97. The van der Waals surface area contributed by atoms with Gasteiger partial charge in [-0.1, -0.05) is 57.1 Å². The first-order valence-electron chi connectivity index (χ1n) is 7.56. The average Bonchev–Trinajstić information content (AvgIpc) is 2.42. The zero-order valence-corrected chi connectivity index (χ0v) is 14.3. The summed E-state index contributed by atoms with van der Waals surface area (Å²) >= 11 is 5.24. The molecular formula is C17H26N2OS. The number of hydrogen-bond acceptors (Lipinski definition) is 2. The van der Waals surface area contributed by atoms with E-state index in [1.807, 2.05) is 32.0 Å². The average molecular weight is 306 g/mol. The predicted molar refractivity (Wildman–Crippen MR) is 93.6 cm³/mol. The molecule has 0 atom stereocenters. The van der Waals surface area contributed by atoms with Gasteiger partial charge < -0.3 is 11.1 Å². The Morgan fingerprint density at radius 3 is 2.05 bits per heavy atom. The second-order valence-corrected chi connectivity index (χ2v) is 6.11. The number of thiocarbonyl (C=S) groups is 1. The molecule has 21 heavy (non-hydrogen) atoms. The smallest absolute Gasteiger partial charge is 0.237 e. The molecule has 3 N–H and O–H groups in total. The third kappa shape index (κ3) is 3.82. The van der Waals surface area contributed by atoms with E-state index in [1.165, 1.54) is 0 Å². The molecule has 4 heteroatoms. The Kier molecular flexibility index (Phi) is 6.34. The van der Waals surface area contributed by atoms with E-state index >= 15 is 0 Å². The molecule has 0 aliphatic carbocycles. The van der Waals surface area contributed by atoms with Crippen molar-refractivity contribution < 1.29 is 4.79 Å². The number of carbonyl (C=O) groups excluding carboxylic acids is 1. The summed E-state index contributed by atoms with van der Waals surface area (Å²) in [4.78, 5) is 13.2. The molecule has 1 aromatic rings. The van der Waals surface area contributed by atoms with E-state index < -0.39 is 5.41 Å². The van der Waals surface area contributed by atoms with Gasteiger partial charge in [-0.25, -0.2) is 0 Å². The number of nitrogens with two attached hydrogens (primary N) is 1. The number of nitrogens with one attached hydrogen (secondary N) is 1. The lowest BCUT2D eigenvalue weighted by atomic mass is 9.78. The van der Waals surface area contributed by atoms with Crippen LogP contribution in [-0.2, 0) is 4.79 Å². The van der Waals surface area contributed by atoms with Gasteiger partial charge in [0.05, 0.1) is 10.4 Å². The van der Waals surface area contributed by atoms with Crippen LogP contribution < -0.4 is 11.1 Å². The van der Waals surface area contributed by atoms with Crippen LogP contribution in [0.15, 0.2) is 18.2 Å². The molecule has 0 heterocycles. The summed E-state index contributed by atoms with van der Waals surface area (Å²) in [6.07, 6.45) is 3.12. The number of benzene rings is 1. The Hall–Kier alpha value is -1.42. The Bertz CT molecular complexity index is 499. The lowest BCUT2D eigenvalue weighted by Gasteiger charge is -2.31. The molecule has 1 rings (SSSR count). The largest absolute Gasteiger partial charge is 0.392 e. The zero-order valence-electron chi connectivity index (χ0n) is 13.5. The summed E-state index contributed by atoms with van der Waals surface area (Å²) in [6, 6.07) is 5.97. The van der Waals surface area contributed by atoms with E-state index in [9.17, 15) is 4.79 Å². The first-order chi connectivity index (χ1) is 9.89. The molecule has 0 aromatic heterocycles. The fraction of sp³-hybridized carbons (Fsp3) is 0.529. The maximum Gasteiger partial charge on any atom is 0.237 e. The van der Waals surface area contributed by atoms with Gasteiger partial charge in [-0.05, 0) is 37.8 Å². The maximum atomic E-state index is 12.9. The summed E-state index contributed by atoms with van der Waals surface area (Å²) in [6.45, 7) is 8.08. The van der Waals surface area contributed by atoms with Gasteiger partial charge in [-0.2, -0.15) is 0 Å². The van der Waals surface area contributed by atoms with Crippen LogP contribution in [0.3, 0.4) is 0 Å². The molecule has 0 fully saturated rings. The van der Waals surface area contributed by atoms with Crippen molar-refractivity contribution in [2.75, 3.05) is 5.32 Å². The summed E-state index contributed by atoms with van der Waals surface area (Å²) in [5, 5.41) is 3.06. The van der Waals surface area contributed by atoms with E-state index in [4.69, 9.17) is 18.0 Å². The van der Waals surface area contributed by atoms with Gasteiger partial charge in [0.2, 0.25) is 5.91 Å². The lowest BCUT2D eigenvalue weighted by Crippen LogP contribution is -2.46.